The highest BCUT2D eigenvalue weighted by atomic mass is 16.2. The summed E-state index contributed by atoms with van der Waals surface area (Å²) in [6.45, 7) is 0. The Hall–Kier alpha value is -2.62. The highest BCUT2D eigenvalue weighted by Gasteiger charge is 2.07. The number of carbonyl (C=O) groups excluding carboxylic acids is 2. The predicted molar refractivity (Wildman–Crippen MR) is 78.7 cm³/mol. The van der Waals surface area contributed by atoms with Crippen molar-refractivity contribution in [1.29, 1.82) is 0 Å². The fraction of sp³-hybridized carbons (Fsp3) is 0.125. The molecule has 2 aromatic rings. The van der Waals surface area contributed by atoms with Crippen molar-refractivity contribution < 1.29 is 9.59 Å². The quantitative estimate of drug-likeness (QED) is 0.895. The van der Waals surface area contributed by atoms with Crippen LogP contribution in [0.25, 0.3) is 11.1 Å². The second kappa shape index (κ2) is 6.02. The van der Waals surface area contributed by atoms with Gasteiger partial charge in [-0.2, -0.15) is 0 Å². The maximum absolute atomic E-state index is 11.6. The van der Waals surface area contributed by atoms with Crippen molar-refractivity contribution in [3.05, 3.63) is 59.7 Å². The molecule has 2 amide bonds. The van der Waals surface area contributed by atoms with Gasteiger partial charge in [-0.15, -0.1) is 0 Å². The average Bonchev–Trinajstić information content (AvgIpc) is 2.53. The molecule has 0 unspecified atom stereocenters. The van der Waals surface area contributed by atoms with Gasteiger partial charge in [0.25, 0.3) is 11.8 Å². The highest BCUT2D eigenvalue weighted by molar-refractivity contribution is 5.97. The van der Waals surface area contributed by atoms with Gasteiger partial charge in [0.2, 0.25) is 0 Å². The molecule has 102 valence electrons. The zero-order valence-corrected chi connectivity index (χ0v) is 11.4. The Morgan fingerprint density at radius 2 is 1.15 bits per heavy atom. The van der Waals surface area contributed by atoms with Crippen LogP contribution in [0.2, 0.25) is 0 Å². The Bertz CT molecular complexity index is 593. The van der Waals surface area contributed by atoms with Crippen LogP contribution in [0.5, 0.6) is 0 Å². The molecule has 2 rings (SSSR count). The standard InChI is InChI=1S/C16H16N2O2/c1-17-15(19)13-7-3-5-11(9-13)12-6-4-8-14(10-12)16(20)18-2/h3-10H,1-2H3,(H,17,19)(H,18,20). The van der Waals surface area contributed by atoms with E-state index in [0.717, 1.165) is 11.1 Å². The summed E-state index contributed by atoms with van der Waals surface area (Å²) in [6, 6.07) is 14.6. The first-order valence-corrected chi connectivity index (χ1v) is 6.30. The molecule has 0 fully saturated rings. The van der Waals surface area contributed by atoms with Gasteiger partial charge in [0.15, 0.2) is 0 Å². The van der Waals surface area contributed by atoms with Gasteiger partial charge in [-0.05, 0) is 35.4 Å². The van der Waals surface area contributed by atoms with E-state index in [4.69, 9.17) is 0 Å². The molecule has 0 spiro atoms. The summed E-state index contributed by atoms with van der Waals surface area (Å²) in [4.78, 5) is 23.3. The largest absolute Gasteiger partial charge is 0.355 e. The summed E-state index contributed by atoms with van der Waals surface area (Å²) < 4.78 is 0. The molecule has 0 aliphatic heterocycles. The van der Waals surface area contributed by atoms with Crippen molar-refractivity contribution in [3.63, 3.8) is 0 Å². The molecule has 0 bridgehead atoms. The highest BCUT2D eigenvalue weighted by Crippen LogP contribution is 2.21. The van der Waals surface area contributed by atoms with Crippen LogP contribution in [0.4, 0.5) is 0 Å². The van der Waals surface area contributed by atoms with Crippen LogP contribution in [-0.2, 0) is 0 Å². The molecule has 0 radical (unpaired) electrons. The third kappa shape index (κ3) is 2.85. The van der Waals surface area contributed by atoms with Gasteiger partial charge in [0.05, 0.1) is 0 Å². The number of amides is 2. The molecule has 0 aliphatic carbocycles. The summed E-state index contributed by atoms with van der Waals surface area (Å²) >= 11 is 0. The summed E-state index contributed by atoms with van der Waals surface area (Å²) in [5, 5.41) is 5.19. The second-order valence-electron chi connectivity index (χ2n) is 4.32. The van der Waals surface area contributed by atoms with Crippen molar-refractivity contribution in [3.8, 4) is 11.1 Å². The molecule has 4 nitrogen and oxygen atoms in total. The first kappa shape index (κ1) is 13.8. The van der Waals surface area contributed by atoms with E-state index in [-0.39, 0.29) is 11.8 Å². The van der Waals surface area contributed by atoms with E-state index in [2.05, 4.69) is 10.6 Å². The van der Waals surface area contributed by atoms with Crippen molar-refractivity contribution in [1.82, 2.24) is 10.6 Å². The topological polar surface area (TPSA) is 58.2 Å². The predicted octanol–water partition coefficient (Wildman–Crippen LogP) is 2.07. The molecule has 0 atom stereocenters. The lowest BCUT2D eigenvalue weighted by Gasteiger charge is -2.07. The van der Waals surface area contributed by atoms with Gasteiger partial charge in [-0.1, -0.05) is 24.3 Å². The normalized spacial score (nSPS) is 9.90. The van der Waals surface area contributed by atoms with Gasteiger partial charge in [0.1, 0.15) is 0 Å². The van der Waals surface area contributed by atoms with E-state index in [1.54, 1.807) is 26.2 Å². The van der Waals surface area contributed by atoms with Gasteiger partial charge in [-0.3, -0.25) is 9.59 Å². The van der Waals surface area contributed by atoms with Crippen LogP contribution < -0.4 is 10.6 Å². The van der Waals surface area contributed by atoms with Crippen LogP contribution in [0.3, 0.4) is 0 Å². The average molecular weight is 268 g/mol. The lowest BCUT2D eigenvalue weighted by Crippen LogP contribution is -2.18. The third-order valence-corrected chi connectivity index (χ3v) is 3.04. The van der Waals surface area contributed by atoms with Crippen molar-refractivity contribution in [2.75, 3.05) is 14.1 Å². The van der Waals surface area contributed by atoms with Gasteiger partial charge >= 0.3 is 0 Å². The Morgan fingerprint density at radius 3 is 1.50 bits per heavy atom. The summed E-state index contributed by atoms with van der Waals surface area (Å²) in [5.41, 5.74) is 2.99. The van der Waals surface area contributed by atoms with Crippen LogP contribution >= 0.6 is 0 Å². The fourth-order valence-corrected chi connectivity index (χ4v) is 1.97. The minimum Gasteiger partial charge on any atom is -0.355 e. The lowest BCUT2D eigenvalue weighted by atomic mass is 10.0. The molecule has 0 aromatic heterocycles. The maximum atomic E-state index is 11.6. The Balaban J connectivity index is 2.41. The zero-order chi connectivity index (χ0) is 14.5. The van der Waals surface area contributed by atoms with Gasteiger partial charge in [0, 0.05) is 25.2 Å². The fourth-order valence-electron chi connectivity index (χ4n) is 1.97. The number of carbonyl (C=O) groups is 2. The number of rotatable bonds is 3. The molecule has 2 aromatic carbocycles. The van der Waals surface area contributed by atoms with Gasteiger partial charge in [-0.25, -0.2) is 0 Å². The van der Waals surface area contributed by atoms with E-state index >= 15 is 0 Å². The van der Waals surface area contributed by atoms with Crippen molar-refractivity contribution >= 4 is 11.8 Å². The van der Waals surface area contributed by atoms with Crippen molar-refractivity contribution in [2.45, 2.75) is 0 Å². The number of benzene rings is 2. The van der Waals surface area contributed by atoms with Gasteiger partial charge < -0.3 is 10.6 Å². The Labute approximate surface area is 117 Å². The monoisotopic (exact) mass is 268 g/mol. The van der Waals surface area contributed by atoms with E-state index in [1.165, 1.54) is 0 Å². The molecule has 4 heteroatoms. The Morgan fingerprint density at radius 1 is 0.750 bits per heavy atom. The van der Waals surface area contributed by atoms with Crippen LogP contribution in [0.1, 0.15) is 20.7 Å². The van der Waals surface area contributed by atoms with E-state index in [9.17, 15) is 9.59 Å². The first-order chi connectivity index (χ1) is 9.65. The number of nitrogens with one attached hydrogen (secondary N) is 2. The molecule has 0 saturated heterocycles. The lowest BCUT2D eigenvalue weighted by molar-refractivity contribution is 0.0955. The van der Waals surface area contributed by atoms with E-state index < -0.39 is 0 Å². The second-order valence-corrected chi connectivity index (χ2v) is 4.32. The molecule has 2 N–H and O–H groups in total. The van der Waals surface area contributed by atoms with E-state index in [0.29, 0.717) is 11.1 Å². The molecule has 0 heterocycles. The van der Waals surface area contributed by atoms with Crippen LogP contribution in [0, 0.1) is 0 Å². The molecule has 20 heavy (non-hydrogen) atoms. The molecule has 0 saturated carbocycles. The summed E-state index contributed by atoms with van der Waals surface area (Å²) in [5.74, 6) is -0.261. The third-order valence-electron chi connectivity index (χ3n) is 3.04. The maximum Gasteiger partial charge on any atom is 0.251 e. The molecule has 0 aliphatic rings. The van der Waals surface area contributed by atoms with E-state index in [1.807, 2.05) is 36.4 Å². The first-order valence-electron chi connectivity index (χ1n) is 6.30. The van der Waals surface area contributed by atoms with Crippen molar-refractivity contribution in [2.24, 2.45) is 0 Å². The SMILES string of the molecule is CNC(=O)c1cccc(-c2cccc(C(=O)NC)c2)c1. The Kier molecular flexibility index (Phi) is 4.15. The van der Waals surface area contributed by atoms with Crippen LogP contribution in [0.15, 0.2) is 48.5 Å². The van der Waals surface area contributed by atoms with Crippen LogP contribution in [-0.4, -0.2) is 25.9 Å². The number of hydrogen-bond donors (Lipinski definition) is 2. The molecular weight excluding hydrogens is 252 g/mol. The summed E-state index contributed by atoms with van der Waals surface area (Å²) in [6.07, 6.45) is 0. The minimum absolute atomic E-state index is 0.130. The summed E-state index contributed by atoms with van der Waals surface area (Å²) in [7, 11) is 3.20. The molecular formula is C16H16N2O2. The zero-order valence-electron chi connectivity index (χ0n) is 11.4. The minimum atomic E-state index is -0.130. The smallest absolute Gasteiger partial charge is 0.251 e. The number of hydrogen-bond acceptors (Lipinski definition) is 2.